The molecule has 4 nitrogen and oxygen atoms in total. The van der Waals surface area contributed by atoms with E-state index in [0.29, 0.717) is 13.0 Å². The van der Waals surface area contributed by atoms with Gasteiger partial charge in [-0.25, -0.2) is 0 Å². The number of fused-ring (bicyclic) bond motifs is 1. The monoisotopic (exact) mass is 274 g/mol. The van der Waals surface area contributed by atoms with Crippen molar-refractivity contribution in [2.24, 2.45) is 5.92 Å². The quantitative estimate of drug-likeness (QED) is 0.725. The number of aromatic nitrogens is 1. The molecule has 2 rings (SSSR count). The number of carbonyl (C=O) groups is 1. The van der Waals surface area contributed by atoms with E-state index < -0.39 is 0 Å². The molecule has 0 aliphatic heterocycles. The Morgan fingerprint density at radius 3 is 3.00 bits per heavy atom. The summed E-state index contributed by atoms with van der Waals surface area (Å²) in [6, 6.07) is 8.20. The van der Waals surface area contributed by atoms with Gasteiger partial charge in [0.15, 0.2) is 0 Å². The lowest BCUT2D eigenvalue weighted by Crippen LogP contribution is -2.29. The maximum absolute atomic E-state index is 11.7. The smallest absolute Gasteiger partial charge is 0.220 e. The number of nitrogens with one attached hydrogen (secondary N) is 2. The number of benzene rings is 1. The number of aliphatic hydroxyl groups excluding tert-OH is 1. The highest BCUT2D eigenvalue weighted by Crippen LogP contribution is 2.19. The molecule has 3 N–H and O–H groups in total. The van der Waals surface area contributed by atoms with Crippen molar-refractivity contribution in [3.8, 4) is 0 Å². The highest BCUT2D eigenvalue weighted by molar-refractivity contribution is 5.83. The zero-order valence-electron chi connectivity index (χ0n) is 11.9. The van der Waals surface area contributed by atoms with Crippen LogP contribution < -0.4 is 5.32 Å². The summed E-state index contributed by atoms with van der Waals surface area (Å²) in [6.07, 6.45) is 4.28. The lowest BCUT2D eigenvalue weighted by molar-refractivity contribution is -0.121. The zero-order chi connectivity index (χ0) is 14.4. The third-order valence-corrected chi connectivity index (χ3v) is 3.48. The van der Waals surface area contributed by atoms with Gasteiger partial charge in [-0.05, 0) is 30.4 Å². The molecule has 1 heterocycles. The van der Waals surface area contributed by atoms with E-state index in [2.05, 4.69) is 22.4 Å². The molecular weight excluding hydrogens is 252 g/mol. The van der Waals surface area contributed by atoms with Crippen LogP contribution in [0.4, 0.5) is 0 Å². The highest BCUT2D eigenvalue weighted by atomic mass is 16.3. The number of aromatic amines is 1. The summed E-state index contributed by atoms with van der Waals surface area (Å²) in [5.74, 6) is 0.178. The standard InChI is InChI=1S/C16H22N2O2/c1-12(11-19)9-18-16(20)8-4-5-13-10-17-15-7-3-2-6-14(13)15/h2-3,6-7,10,12,17,19H,4-5,8-9,11H2,1H3,(H,18,20)/t12-/m0/s1. The Bertz CT molecular complexity index is 562. The van der Waals surface area contributed by atoms with E-state index >= 15 is 0 Å². The minimum absolute atomic E-state index is 0.0603. The van der Waals surface area contributed by atoms with Gasteiger partial charge in [0, 0.05) is 36.7 Å². The Kier molecular flexibility index (Phi) is 5.18. The highest BCUT2D eigenvalue weighted by Gasteiger charge is 2.06. The number of rotatable bonds is 7. The van der Waals surface area contributed by atoms with Gasteiger partial charge in [-0.1, -0.05) is 25.1 Å². The number of H-pyrrole nitrogens is 1. The van der Waals surface area contributed by atoms with Crippen molar-refractivity contribution < 1.29 is 9.90 Å². The van der Waals surface area contributed by atoms with Gasteiger partial charge in [-0.2, -0.15) is 0 Å². The molecule has 0 bridgehead atoms. The van der Waals surface area contributed by atoms with Gasteiger partial charge < -0.3 is 15.4 Å². The topological polar surface area (TPSA) is 65.1 Å². The van der Waals surface area contributed by atoms with Crippen LogP contribution in [-0.4, -0.2) is 29.1 Å². The van der Waals surface area contributed by atoms with Crippen molar-refractivity contribution in [3.05, 3.63) is 36.0 Å². The molecule has 0 saturated carbocycles. The van der Waals surface area contributed by atoms with E-state index in [4.69, 9.17) is 5.11 Å². The first-order valence-electron chi connectivity index (χ1n) is 7.13. The molecule has 0 aliphatic rings. The normalized spacial score (nSPS) is 12.5. The Hall–Kier alpha value is -1.81. The van der Waals surface area contributed by atoms with Crippen LogP contribution in [0.2, 0.25) is 0 Å². The van der Waals surface area contributed by atoms with Crippen LogP contribution in [-0.2, 0) is 11.2 Å². The number of hydrogen-bond donors (Lipinski definition) is 3. The van der Waals surface area contributed by atoms with E-state index in [1.165, 1.54) is 10.9 Å². The maximum Gasteiger partial charge on any atom is 0.220 e. The van der Waals surface area contributed by atoms with E-state index in [0.717, 1.165) is 18.4 Å². The minimum Gasteiger partial charge on any atom is -0.396 e. The first-order valence-corrected chi connectivity index (χ1v) is 7.13. The van der Waals surface area contributed by atoms with E-state index in [9.17, 15) is 4.79 Å². The van der Waals surface area contributed by atoms with Gasteiger partial charge in [0.1, 0.15) is 0 Å². The molecule has 1 aromatic carbocycles. The Labute approximate surface area is 119 Å². The van der Waals surface area contributed by atoms with Crippen LogP contribution in [0.25, 0.3) is 10.9 Å². The van der Waals surface area contributed by atoms with E-state index in [1.54, 1.807) is 0 Å². The summed E-state index contributed by atoms with van der Waals surface area (Å²) in [4.78, 5) is 14.9. The number of hydrogen-bond acceptors (Lipinski definition) is 2. The number of aryl methyl sites for hydroxylation is 1. The van der Waals surface area contributed by atoms with Crippen LogP contribution >= 0.6 is 0 Å². The molecule has 4 heteroatoms. The third kappa shape index (κ3) is 3.84. The van der Waals surface area contributed by atoms with Gasteiger partial charge in [-0.3, -0.25) is 4.79 Å². The van der Waals surface area contributed by atoms with Crippen LogP contribution in [0.5, 0.6) is 0 Å². The molecule has 0 spiro atoms. The second-order valence-electron chi connectivity index (χ2n) is 5.30. The Morgan fingerprint density at radius 1 is 1.40 bits per heavy atom. The summed E-state index contributed by atoms with van der Waals surface area (Å²) >= 11 is 0. The van der Waals surface area contributed by atoms with Crippen LogP contribution in [0.15, 0.2) is 30.5 Å². The zero-order valence-corrected chi connectivity index (χ0v) is 11.9. The van der Waals surface area contributed by atoms with E-state index in [-0.39, 0.29) is 18.4 Å². The van der Waals surface area contributed by atoms with Crippen molar-refractivity contribution in [1.29, 1.82) is 0 Å². The van der Waals surface area contributed by atoms with Gasteiger partial charge in [-0.15, -0.1) is 0 Å². The van der Waals surface area contributed by atoms with Gasteiger partial charge in [0.25, 0.3) is 0 Å². The molecule has 20 heavy (non-hydrogen) atoms. The predicted octanol–water partition coefficient (Wildman–Crippen LogP) is 2.24. The summed E-state index contributed by atoms with van der Waals surface area (Å²) in [5, 5.41) is 13.0. The second-order valence-corrected chi connectivity index (χ2v) is 5.30. The minimum atomic E-state index is 0.0603. The SMILES string of the molecule is C[C@H](CO)CNC(=O)CCCc1c[nH]c2ccccc12. The van der Waals surface area contributed by atoms with Crippen LogP contribution in [0.1, 0.15) is 25.3 Å². The molecule has 2 aromatic rings. The molecule has 1 amide bonds. The molecule has 0 fully saturated rings. The summed E-state index contributed by atoms with van der Waals surface area (Å²) < 4.78 is 0. The molecule has 1 aromatic heterocycles. The van der Waals surface area contributed by atoms with Crippen molar-refractivity contribution in [2.45, 2.75) is 26.2 Å². The second kappa shape index (κ2) is 7.10. The predicted molar refractivity (Wildman–Crippen MR) is 80.5 cm³/mol. The molecule has 0 radical (unpaired) electrons. The Balaban J connectivity index is 1.77. The molecule has 0 aliphatic carbocycles. The number of aliphatic hydroxyl groups is 1. The first-order chi connectivity index (χ1) is 9.70. The lowest BCUT2D eigenvalue weighted by Gasteiger charge is -2.09. The average Bonchev–Trinajstić information content (AvgIpc) is 2.88. The van der Waals surface area contributed by atoms with Crippen molar-refractivity contribution in [1.82, 2.24) is 10.3 Å². The maximum atomic E-state index is 11.7. The van der Waals surface area contributed by atoms with Crippen LogP contribution in [0.3, 0.4) is 0 Å². The fourth-order valence-corrected chi connectivity index (χ4v) is 2.22. The Morgan fingerprint density at radius 2 is 2.20 bits per heavy atom. The number of para-hydroxylation sites is 1. The largest absolute Gasteiger partial charge is 0.396 e. The fourth-order valence-electron chi connectivity index (χ4n) is 2.22. The molecule has 1 atom stereocenters. The number of carbonyl (C=O) groups excluding carboxylic acids is 1. The summed E-state index contributed by atoms with van der Waals surface area (Å²) in [6.45, 7) is 2.56. The van der Waals surface area contributed by atoms with Gasteiger partial charge in [0.05, 0.1) is 0 Å². The van der Waals surface area contributed by atoms with Crippen molar-refractivity contribution in [2.75, 3.05) is 13.2 Å². The van der Waals surface area contributed by atoms with Gasteiger partial charge in [0.2, 0.25) is 5.91 Å². The molecular formula is C16H22N2O2. The van der Waals surface area contributed by atoms with Crippen molar-refractivity contribution in [3.63, 3.8) is 0 Å². The number of amides is 1. The van der Waals surface area contributed by atoms with Crippen molar-refractivity contribution >= 4 is 16.8 Å². The summed E-state index contributed by atoms with van der Waals surface area (Å²) in [5.41, 5.74) is 2.40. The van der Waals surface area contributed by atoms with E-state index in [1.807, 2.05) is 25.3 Å². The van der Waals surface area contributed by atoms with Gasteiger partial charge >= 0.3 is 0 Å². The third-order valence-electron chi connectivity index (χ3n) is 3.48. The molecule has 0 unspecified atom stereocenters. The first kappa shape index (κ1) is 14.6. The fraction of sp³-hybridized carbons (Fsp3) is 0.438. The lowest BCUT2D eigenvalue weighted by atomic mass is 10.1. The average molecular weight is 274 g/mol. The molecule has 0 saturated heterocycles. The molecule has 108 valence electrons. The summed E-state index contributed by atoms with van der Waals surface area (Å²) in [7, 11) is 0. The van der Waals surface area contributed by atoms with Crippen LogP contribution in [0, 0.1) is 5.92 Å².